The van der Waals surface area contributed by atoms with Gasteiger partial charge >= 0.3 is 0 Å². The lowest BCUT2D eigenvalue weighted by Gasteiger charge is -2.25. The number of para-hydroxylation sites is 1. The Bertz CT molecular complexity index is 1800. The van der Waals surface area contributed by atoms with Crippen LogP contribution < -0.4 is 39.2 Å². The normalized spacial score (nSPS) is 14.7. The van der Waals surface area contributed by atoms with E-state index < -0.39 is 6.04 Å². The van der Waals surface area contributed by atoms with E-state index in [-0.39, 0.29) is 11.5 Å². The second kappa shape index (κ2) is 11.7. The monoisotopic (exact) mass is 571 g/mol. The molecule has 5 rings (SSSR count). The van der Waals surface area contributed by atoms with Crippen LogP contribution >= 0.6 is 11.3 Å². The maximum atomic E-state index is 14.0. The van der Waals surface area contributed by atoms with E-state index >= 15 is 0 Å². The number of benzene rings is 3. The number of methoxy groups -OCH3 is 4. The number of fused-ring (bicyclic) bond motifs is 1. The SMILES string of the molecule is COc1cccc([C@H]2C(C(=O)Nc3ccccc3)=C(C)N=c3s/c(=C\c4cc(OC)c(OC)c(OC)c4)c(=O)n32)c1. The predicted octanol–water partition coefficient (Wildman–Crippen LogP) is 3.91. The molecule has 3 aromatic carbocycles. The number of anilines is 1. The Morgan fingerprint density at radius 2 is 1.63 bits per heavy atom. The number of hydrogen-bond acceptors (Lipinski definition) is 8. The Hall–Kier alpha value is -4.83. The lowest BCUT2D eigenvalue weighted by atomic mass is 9.95. The van der Waals surface area contributed by atoms with E-state index in [1.54, 1.807) is 48.9 Å². The Kier molecular flexibility index (Phi) is 7.93. The van der Waals surface area contributed by atoms with Crippen LogP contribution in [0.5, 0.6) is 23.0 Å². The van der Waals surface area contributed by atoms with Crippen molar-refractivity contribution in [2.75, 3.05) is 33.8 Å². The Balaban J connectivity index is 1.69. The minimum Gasteiger partial charge on any atom is -0.497 e. The van der Waals surface area contributed by atoms with Gasteiger partial charge in [-0.15, -0.1) is 0 Å². The third-order valence-electron chi connectivity index (χ3n) is 6.69. The minimum atomic E-state index is -0.729. The third-order valence-corrected chi connectivity index (χ3v) is 7.68. The molecule has 210 valence electrons. The number of thiazole rings is 1. The summed E-state index contributed by atoms with van der Waals surface area (Å²) in [5.41, 5.74) is 2.65. The van der Waals surface area contributed by atoms with Crippen LogP contribution in [0.2, 0.25) is 0 Å². The van der Waals surface area contributed by atoms with Crippen LogP contribution in [0.3, 0.4) is 0 Å². The molecule has 4 aromatic rings. The zero-order valence-corrected chi connectivity index (χ0v) is 24.1. The summed E-state index contributed by atoms with van der Waals surface area (Å²) in [5.74, 6) is 1.66. The van der Waals surface area contributed by atoms with E-state index in [9.17, 15) is 9.59 Å². The molecule has 1 atom stereocenters. The molecule has 2 heterocycles. The maximum absolute atomic E-state index is 14.0. The fourth-order valence-electron chi connectivity index (χ4n) is 4.79. The van der Waals surface area contributed by atoms with E-state index in [1.165, 1.54) is 32.7 Å². The first-order valence-electron chi connectivity index (χ1n) is 12.7. The molecule has 0 aliphatic carbocycles. The number of carbonyl (C=O) groups excluding carboxylic acids is 1. The molecule has 1 N–H and O–H groups in total. The predicted molar refractivity (Wildman–Crippen MR) is 158 cm³/mol. The zero-order valence-electron chi connectivity index (χ0n) is 23.3. The number of hydrogen-bond donors (Lipinski definition) is 1. The summed E-state index contributed by atoms with van der Waals surface area (Å²) in [4.78, 5) is 32.9. The minimum absolute atomic E-state index is 0.284. The molecule has 0 bridgehead atoms. The largest absolute Gasteiger partial charge is 0.497 e. The van der Waals surface area contributed by atoms with Crippen molar-refractivity contribution in [2.45, 2.75) is 13.0 Å². The Labute approximate surface area is 240 Å². The molecule has 1 aliphatic heterocycles. The average Bonchev–Trinajstić information content (AvgIpc) is 3.29. The van der Waals surface area contributed by atoms with Gasteiger partial charge in [-0.1, -0.05) is 41.7 Å². The summed E-state index contributed by atoms with van der Waals surface area (Å²) < 4.78 is 23.9. The molecule has 0 saturated carbocycles. The lowest BCUT2D eigenvalue weighted by molar-refractivity contribution is -0.113. The topological polar surface area (TPSA) is 100 Å². The number of nitrogens with zero attached hydrogens (tertiary/aromatic N) is 2. The van der Waals surface area contributed by atoms with Gasteiger partial charge in [-0.25, -0.2) is 4.99 Å². The zero-order chi connectivity index (χ0) is 29.1. The number of ether oxygens (including phenoxy) is 4. The van der Waals surface area contributed by atoms with Crippen molar-refractivity contribution in [3.63, 3.8) is 0 Å². The van der Waals surface area contributed by atoms with Gasteiger partial charge in [0.2, 0.25) is 5.75 Å². The average molecular weight is 572 g/mol. The molecule has 10 heteroatoms. The fraction of sp³-hybridized carbons (Fsp3) is 0.194. The highest BCUT2D eigenvalue weighted by Crippen LogP contribution is 2.38. The van der Waals surface area contributed by atoms with Crippen LogP contribution in [0, 0.1) is 0 Å². The van der Waals surface area contributed by atoms with Gasteiger partial charge in [-0.05, 0) is 60.5 Å². The van der Waals surface area contributed by atoms with Crippen LogP contribution in [-0.2, 0) is 4.79 Å². The van der Waals surface area contributed by atoms with E-state index in [0.717, 1.165) is 5.56 Å². The van der Waals surface area contributed by atoms with Crippen LogP contribution in [0.4, 0.5) is 5.69 Å². The molecule has 1 aliphatic rings. The quantitative estimate of drug-likeness (QED) is 0.344. The number of aromatic nitrogens is 1. The number of amides is 1. The highest BCUT2D eigenvalue weighted by atomic mass is 32.1. The van der Waals surface area contributed by atoms with Gasteiger partial charge in [0, 0.05) is 5.69 Å². The molecule has 0 unspecified atom stereocenters. The third kappa shape index (κ3) is 5.33. The van der Waals surface area contributed by atoms with Crippen LogP contribution in [0.1, 0.15) is 24.1 Å². The summed E-state index contributed by atoms with van der Waals surface area (Å²) in [6, 6.07) is 19.3. The van der Waals surface area contributed by atoms with Crippen molar-refractivity contribution in [2.24, 2.45) is 4.99 Å². The van der Waals surface area contributed by atoms with Gasteiger partial charge in [-0.2, -0.15) is 0 Å². The molecular formula is C31H29N3O6S. The van der Waals surface area contributed by atoms with E-state index in [4.69, 9.17) is 23.9 Å². The second-order valence-corrected chi connectivity index (χ2v) is 10.1. The van der Waals surface area contributed by atoms with Crippen molar-refractivity contribution >= 4 is 29.0 Å². The molecule has 0 saturated heterocycles. The smallest absolute Gasteiger partial charge is 0.271 e. The van der Waals surface area contributed by atoms with Gasteiger partial charge in [0.05, 0.1) is 50.3 Å². The van der Waals surface area contributed by atoms with E-state index in [1.807, 2.05) is 42.5 Å². The highest BCUT2D eigenvalue weighted by molar-refractivity contribution is 7.07. The summed E-state index contributed by atoms with van der Waals surface area (Å²) in [5, 5.41) is 2.96. The summed E-state index contributed by atoms with van der Waals surface area (Å²) in [6.45, 7) is 1.78. The first-order chi connectivity index (χ1) is 19.9. The van der Waals surface area contributed by atoms with Crippen LogP contribution in [0.15, 0.2) is 87.8 Å². The van der Waals surface area contributed by atoms with E-state index in [2.05, 4.69) is 5.32 Å². The first-order valence-corrected chi connectivity index (χ1v) is 13.5. The van der Waals surface area contributed by atoms with Crippen LogP contribution in [0.25, 0.3) is 6.08 Å². The first kappa shape index (κ1) is 27.7. The molecule has 0 spiro atoms. The highest BCUT2D eigenvalue weighted by Gasteiger charge is 2.32. The van der Waals surface area contributed by atoms with Crippen molar-refractivity contribution in [1.29, 1.82) is 0 Å². The lowest BCUT2D eigenvalue weighted by Crippen LogP contribution is -2.40. The molecular weight excluding hydrogens is 542 g/mol. The Morgan fingerprint density at radius 1 is 0.927 bits per heavy atom. The summed E-state index contributed by atoms with van der Waals surface area (Å²) >= 11 is 1.24. The van der Waals surface area contributed by atoms with Crippen molar-refractivity contribution in [3.8, 4) is 23.0 Å². The molecule has 1 amide bonds. The van der Waals surface area contributed by atoms with Crippen molar-refractivity contribution in [1.82, 2.24) is 4.57 Å². The van der Waals surface area contributed by atoms with Gasteiger partial charge in [0.25, 0.3) is 11.5 Å². The summed E-state index contributed by atoms with van der Waals surface area (Å²) in [7, 11) is 6.18. The molecule has 41 heavy (non-hydrogen) atoms. The van der Waals surface area contributed by atoms with Crippen LogP contribution in [-0.4, -0.2) is 38.9 Å². The molecule has 0 fully saturated rings. The molecule has 9 nitrogen and oxygen atoms in total. The molecule has 1 aromatic heterocycles. The standard InChI is InChI=1S/C31H29N3O6S/c1-18-26(29(35)33-21-11-7-6-8-12-21)27(20-10-9-13-22(17-20)37-2)34-30(36)25(41-31(34)32-18)16-19-14-23(38-3)28(40-5)24(15-19)39-4/h6-17,27H,1-5H3,(H,33,35)/b25-16-/t27-/m0/s1. The second-order valence-electron chi connectivity index (χ2n) is 9.14. The van der Waals surface area contributed by atoms with Crippen molar-refractivity contribution in [3.05, 3.63) is 109 Å². The number of carbonyl (C=O) groups is 1. The maximum Gasteiger partial charge on any atom is 0.271 e. The van der Waals surface area contributed by atoms with Gasteiger partial charge < -0.3 is 24.3 Å². The van der Waals surface area contributed by atoms with Gasteiger partial charge in [-0.3, -0.25) is 14.2 Å². The van der Waals surface area contributed by atoms with Gasteiger partial charge in [0.1, 0.15) is 5.75 Å². The van der Waals surface area contributed by atoms with E-state index in [0.29, 0.717) is 54.9 Å². The number of allylic oxidation sites excluding steroid dienone is 1. The fourth-order valence-corrected chi connectivity index (χ4v) is 5.84. The number of rotatable bonds is 8. The number of nitrogens with one attached hydrogen (secondary N) is 1. The Morgan fingerprint density at radius 3 is 2.27 bits per heavy atom. The van der Waals surface area contributed by atoms with Crippen molar-refractivity contribution < 1.29 is 23.7 Å². The molecule has 0 radical (unpaired) electrons. The van der Waals surface area contributed by atoms with Gasteiger partial charge in [0.15, 0.2) is 16.3 Å². The summed E-state index contributed by atoms with van der Waals surface area (Å²) in [6.07, 6.45) is 1.75.